The summed E-state index contributed by atoms with van der Waals surface area (Å²) < 4.78 is 6.56. The third-order valence-electron chi connectivity index (χ3n) is 3.12. The summed E-state index contributed by atoms with van der Waals surface area (Å²) >= 11 is 3.41. The Bertz CT molecular complexity index is 424. The third kappa shape index (κ3) is 3.23. The van der Waals surface area contributed by atoms with Crippen LogP contribution < -0.4 is 4.74 Å². The molecule has 2 rings (SSSR count). The van der Waals surface area contributed by atoms with Crippen molar-refractivity contribution < 1.29 is 14.6 Å². The van der Waals surface area contributed by atoms with E-state index in [-0.39, 0.29) is 6.04 Å². The lowest BCUT2D eigenvalue weighted by molar-refractivity contribution is -0.142. The highest BCUT2D eigenvalue weighted by Crippen LogP contribution is 2.24. The largest absolute Gasteiger partial charge is 0.491 e. The number of carboxylic acids is 1. The van der Waals surface area contributed by atoms with Crippen molar-refractivity contribution in [1.82, 2.24) is 4.90 Å². The zero-order valence-electron chi connectivity index (χ0n) is 10.0. The van der Waals surface area contributed by atoms with E-state index >= 15 is 0 Å². The lowest BCUT2D eigenvalue weighted by Gasteiger charge is -2.21. The van der Waals surface area contributed by atoms with Gasteiger partial charge in [0.15, 0.2) is 0 Å². The van der Waals surface area contributed by atoms with E-state index in [0.29, 0.717) is 13.2 Å². The first-order chi connectivity index (χ1) is 8.68. The van der Waals surface area contributed by atoms with E-state index in [0.717, 1.165) is 29.6 Å². The van der Waals surface area contributed by atoms with Crippen LogP contribution >= 0.6 is 15.9 Å². The third-order valence-corrected chi connectivity index (χ3v) is 3.78. The topological polar surface area (TPSA) is 49.8 Å². The maximum atomic E-state index is 11.0. The van der Waals surface area contributed by atoms with Crippen LogP contribution in [0.1, 0.15) is 12.8 Å². The van der Waals surface area contributed by atoms with Gasteiger partial charge in [0.05, 0.1) is 4.47 Å². The first kappa shape index (κ1) is 13.4. The zero-order chi connectivity index (χ0) is 13.0. The number of halogens is 1. The van der Waals surface area contributed by atoms with Gasteiger partial charge in [-0.3, -0.25) is 9.69 Å². The number of hydrogen-bond donors (Lipinski definition) is 1. The summed E-state index contributed by atoms with van der Waals surface area (Å²) in [5.41, 5.74) is 0. The van der Waals surface area contributed by atoms with E-state index in [1.807, 2.05) is 29.2 Å². The molecule has 0 radical (unpaired) electrons. The summed E-state index contributed by atoms with van der Waals surface area (Å²) in [6.07, 6.45) is 1.69. The minimum atomic E-state index is -0.728. The molecule has 1 N–H and O–H groups in total. The van der Waals surface area contributed by atoms with Crippen molar-refractivity contribution in [2.75, 3.05) is 19.7 Å². The SMILES string of the molecule is O=C(O)C1CCCN1CCOc1ccccc1Br. The van der Waals surface area contributed by atoms with Crippen molar-refractivity contribution >= 4 is 21.9 Å². The molecule has 1 atom stereocenters. The molecule has 98 valence electrons. The molecule has 0 aliphatic carbocycles. The maximum Gasteiger partial charge on any atom is 0.320 e. The number of benzene rings is 1. The van der Waals surface area contributed by atoms with Crippen LogP contribution in [0.2, 0.25) is 0 Å². The van der Waals surface area contributed by atoms with Gasteiger partial charge in [0.2, 0.25) is 0 Å². The Morgan fingerprint density at radius 2 is 2.28 bits per heavy atom. The van der Waals surface area contributed by atoms with Crippen LogP contribution in [0.5, 0.6) is 5.75 Å². The maximum absolute atomic E-state index is 11.0. The van der Waals surface area contributed by atoms with Crippen molar-refractivity contribution in [3.63, 3.8) is 0 Å². The molecule has 0 amide bonds. The fourth-order valence-corrected chi connectivity index (χ4v) is 2.61. The first-order valence-corrected chi connectivity index (χ1v) is 6.82. The molecular weight excluding hydrogens is 298 g/mol. The number of nitrogens with zero attached hydrogens (tertiary/aromatic N) is 1. The van der Waals surface area contributed by atoms with Crippen molar-refractivity contribution in [2.45, 2.75) is 18.9 Å². The summed E-state index contributed by atoms with van der Waals surface area (Å²) in [6.45, 7) is 2.00. The molecular formula is C13H16BrNO3. The van der Waals surface area contributed by atoms with E-state index in [4.69, 9.17) is 9.84 Å². The summed E-state index contributed by atoms with van der Waals surface area (Å²) in [5.74, 6) is 0.0666. The smallest absolute Gasteiger partial charge is 0.320 e. The normalized spacial score (nSPS) is 19.9. The Hall–Kier alpha value is -1.07. The van der Waals surface area contributed by atoms with Gasteiger partial charge in [0.1, 0.15) is 18.4 Å². The Labute approximate surface area is 115 Å². The Kier molecular flexibility index (Phi) is 4.60. The number of ether oxygens (including phenoxy) is 1. The van der Waals surface area contributed by atoms with Crippen molar-refractivity contribution in [1.29, 1.82) is 0 Å². The molecule has 1 aliphatic rings. The van der Waals surface area contributed by atoms with Crippen molar-refractivity contribution in [3.8, 4) is 5.75 Å². The molecule has 1 fully saturated rings. The van der Waals surface area contributed by atoms with E-state index < -0.39 is 5.97 Å². The van der Waals surface area contributed by atoms with Crippen LogP contribution in [0, 0.1) is 0 Å². The van der Waals surface area contributed by atoms with Crippen LogP contribution in [0.25, 0.3) is 0 Å². The van der Waals surface area contributed by atoms with E-state index in [1.54, 1.807) is 0 Å². The van der Waals surface area contributed by atoms with Crippen LogP contribution in [-0.2, 0) is 4.79 Å². The Balaban J connectivity index is 1.82. The van der Waals surface area contributed by atoms with Crippen molar-refractivity contribution in [2.24, 2.45) is 0 Å². The molecule has 1 aromatic rings. The highest BCUT2D eigenvalue weighted by Gasteiger charge is 2.29. The minimum Gasteiger partial charge on any atom is -0.491 e. The van der Waals surface area contributed by atoms with Gasteiger partial charge in [-0.1, -0.05) is 12.1 Å². The molecule has 5 heteroatoms. The van der Waals surface area contributed by atoms with E-state index in [1.165, 1.54) is 0 Å². The Morgan fingerprint density at radius 3 is 3.00 bits per heavy atom. The predicted molar refractivity (Wildman–Crippen MR) is 71.9 cm³/mol. The predicted octanol–water partition coefficient (Wildman–Crippen LogP) is 2.38. The Morgan fingerprint density at radius 1 is 1.50 bits per heavy atom. The summed E-state index contributed by atoms with van der Waals surface area (Å²) in [6, 6.07) is 7.31. The molecule has 0 saturated carbocycles. The van der Waals surface area contributed by atoms with Crippen LogP contribution in [0.3, 0.4) is 0 Å². The average Bonchev–Trinajstić information content (AvgIpc) is 2.80. The van der Waals surface area contributed by atoms with Gasteiger partial charge in [0, 0.05) is 6.54 Å². The molecule has 0 bridgehead atoms. The van der Waals surface area contributed by atoms with Gasteiger partial charge in [-0.25, -0.2) is 0 Å². The van der Waals surface area contributed by atoms with Gasteiger partial charge in [-0.2, -0.15) is 0 Å². The van der Waals surface area contributed by atoms with Crippen LogP contribution in [0.15, 0.2) is 28.7 Å². The van der Waals surface area contributed by atoms with E-state index in [9.17, 15) is 4.79 Å². The number of para-hydroxylation sites is 1. The lowest BCUT2D eigenvalue weighted by atomic mass is 10.2. The summed E-state index contributed by atoms with van der Waals surface area (Å²) in [7, 11) is 0. The minimum absolute atomic E-state index is 0.340. The fraction of sp³-hybridized carbons (Fsp3) is 0.462. The molecule has 0 spiro atoms. The van der Waals surface area contributed by atoms with Gasteiger partial charge in [-0.15, -0.1) is 0 Å². The lowest BCUT2D eigenvalue weighted by Crippen LogP contribution is -2.38. The highest BCUT2D eigenvalue weighted by atomic mass is 79.9. The van der Waals surface area contributed by atoms with Crippen molar-refractivity contribution in [3.05, 3.63) is 28.7 Å². The molecule has 0 aromatic heterocycles. The van der Waals surface area contributed by atoms with Gasteiger partial charge >= 0.3 is 5.97 Å². The first-order valence-electron chi connectivity index (χ1n) is 6.02. The monoisotopic (exact) mass is 313 g/mol. The number of aliphatic carboxylic acids is 1. The molecule has 1 unspecified atom stereocenters. The fourth-order valence-electron chi connectivity index (χ4n) is 2.21. The van der Waals surface area contributed by atoms with E-state index in [2.05, 4.69) is 15.9 Å². The van der Waals surface area contributed by atoms with Crippen LogP contribution in [0.4, 0.5) is 0 Å². The quantitative estimate of drug-likeness (QED) is 0.906. The molecule has 18 heavy (non-hydrogen) atoms. The molecule has 4 nitrogen and oxygen atoms in total. The summed E-state index contributed by atoms with van der Waals surface area (Å²) in [5, 5.41) is 9.05. The molecule has 1 aromatic carbocycles. The summed E-state index contributed by atoms with van der Waals surface area (Å²) in [4.78, 5) is 13.0. The number of carboxylic acid groups (broad SMARTS) is 1. The number of rotatable bonds is 5. The molecule has 1 saturated heterocycles. The van der Waals surface area contributed by atoms with Gasteiger partial charge in [0.25, 0.3) is 0 Å². The molecule has 1 aliphatic heterocycles. The second-order valence-electron chi connectivity index (χ2n) is 4.31. The van der Waals surface area contributed by atoms with Gasteiger partial charge in [-0.05, 0) is 47.4 Å². The number of hydrogen-bond acceptors (Lipinski definition) is 3. The standard InChI is InChI=1S/C13H16BrNO3/c14-10-4-1-2-6-12(10)18-9-8-15-7-3-5-11(15)13(16)17/h1-2,4,6,11H,3,5,7-9H2,(H,16,17). The van der Waals surface area contributed by atoms with Crippen LogP contribution in [-0.4, -0.2) is 41.7 Å². The highest BCUT2D eigenvalue weighted by molar-refractivity contribution is 9.10. The van der Waals surface area contributed by atoms with Gasteiger partial charge < -0.3 is 9.84 Å². The number of carbonyl (C=O) groups is 1. The second-order valence-corrected chi connectivity index (χ2v) is 5.17. The zero-order valence-corrected chi connectivity index (χ0v) is 11.6. The average molecular weight is 314 g/mol. The second kappa shape index (κ2) is 6.20. The molecule has 1 heterocycles. The number of likely N-dealkylation sites (tertiary alicyclic amines) is 1.